The molecule has 0 bridgehead atoms. The second kappa shape index (κ2) is 2.94. The molecule has 0 aromatic rings. The van der Waals surface area contributed by atoms with Crippen LogP contribution in [0.3, 0.4) is 0 Å². The van der Waals surface area contributed by atoms with Crippen molar-refractivity contribution in [2.24, 2.45) is 11.3 Å². The molecule has 2 N–H and O–H groups in total. The van der Waals surface area contributed by atoms with E-state index in [0.29, 0.717) is 19.3 Å². The summed E-state index contributed by atoms with van der Waals surface area (Å²) >= 11 is 0. The fourth-order valence-corrected chi connectivity index (χ4v) is 5.40. The van der Waals surface area contributed by atoms with Gasteiger partial charge in [-0.1, -0.05) is 13.8 Å². The Labute approximate surface area is 118 Å². The fourth-order valence-electron chi connectivity index (χ4n) is 5.40. The number of ether oxygens (including phenoxy) is 2. The molecule has 2 aliphatic carbocycles. The highest BCUT2D eigenvalue weighted by Gasteiger charge is 2.94. The van der Waals surface area contributed by atoms with E-state index in [1.165, 1.54) is 0 Å². The standard InChI is InChI=1S/C15H22O5/c1-8-9(16)19-14-7-11(2,3)10-15(14,20-10)12(4,17)5-6-13(8,14)18/h8,10,17-18H,5-7H2,1-4H3. The molecule has 20 heavy (non-hydrogen) atoms. The first kappa shape index (κ1) is 13.0. The zero-order valence-corrected chi connectivity index (χ0v) is 12.4. The highest BCUT2D eigenvalue weighted by atomic mass is 16.7. The van der Waals surface area contributed by atoms with Gasteiger partial charge in [0.1, 0.15) is 5.60 Å². The first-order valence-corrected chi connectivity index (χ1v) is 7.40. The van der Waals surface area contributed by atoms with Crippen LogP contribution in [0.25, 0.3) is 0 Å². The molecule has 2 spiro atoms. The summed E-state index contributed by atoms with van der Waals surface area (Å²) in [6, 6.07) is 0. The molecule has 2 saturated heterocycles. The largest absolute Gasteiger partial charge is 0.452 e. The lowest BCUT2D eigenvalue weighted by Crippen LogP contribution is -2.71. The molecule has 112 valence electrons. The minimum Gasteiger partial charge on any atom is -0.452 e. The van der Waals surface area contributed by atoms with E-state index in [1.807, 2.05) is 13.8 Å². The van der Waals surface area contributed by atoms with Gasteiger partial charge in [0.15, 0.2) is 11.2 Å². The summed E-state index contributed by atoms with van der Waals surface area (Å²) in [6.07, 6.45) is 1.14. The topological polar surface area (TPSA) is 79.3 Å². The molecule has 0 radical (unpaired) electrons. The van der Waals surface area contributed by atoms with Crippen LogP contribution in [-0.2, 0) is 14.3 Å². The van der Waals surface area contributed by atoms with Gasteiger partial charge in [-0.15, -0.1) is 0 Å². The van der Waals surface area contributed by atoms with Gasteiger partial charge in [-0.3, -0.25) is 4.79 Å². The number of epoxide rings is 1. The van der Waals surface area contributed by atoms with Gasteiger partial charge in [0.05, 0.1) is 17.6 Å². The highest BCUT2D eigenvalue weighted by Crippen LogP contribution is 2.76. The van der Waals surface area contributed by atoms with Gasteiger partial charge < -0.3 is 19.7 Å². The molecule has 2 aliphatic heterocycles. The number of rotatable bonds is 0. The average molecular weight is 282 g/mol. The van der Waals surface area contributed by atoms with Crippen molar-refractivity contribution in [2.75, 3.05) is 0 Å². The van der Waals surface area contributed by atoms with Crippen molar-refractivity contribution in [3.63, 3.8) is 0 Å². The summed E-state index contributed by atoms with van der Waals surface area (Å²) in [5, 5.41) is 22.1. The molecular formula is C15H22O5. The zero-order chi connectivity index (χ0) is 14.8. The van der Waals surface area contributed by atoms with Crippen molar-refractivity contribution in [1.29, 1.82) is 0 Å². The van der Waals surface area contributed by atoms with E-state index in [-0.39, 0.29) is 17.5 Å². The predicted molar refractivity (Wildman–Crippen MR) is 68.8 cm³/mol. The summed E-state index contributed by atoms with van der Waals surface area (Å²) in [5.74, 6) is -0.953. The van der Waals surface area contributed by atoms with Gasteiger partial charge in [0, 0.05) is 6.42 Å². The minimum absolute atomic E-state index is 0.171. The molecule has 5 nitrogen and oxygen atoms in total. The molecule has 2 heterocycles. The van der Waals surface area contributed by atoms with E-state index in [9.17, 15) is 15.0 Å². The molecule has 0 amide bonds. The molecule has 4 aliphatic rings. The van der Waals surface area contributed by atoms with Gasteiger partial charge >= 0.3 is 5.97 Å². The number of hydrogen-bond donors (Lipinski definition) is 2. The molecule has 2 saturated carbocycles. The summed E-state index contributed by atoms with van der Waals surface area (Å²) < 4.78 is 11.7. The SMILES string of the molecule is CC1C(=O)OC23CC(C)(C)C4OC42C(C)(O)CCC13O. The Morgan fingerprint density at radius 1 is 1.20 bits per heavy atom. The number of carbonyl (C=O) groups is 1. The van der Waals surface area contributed by atoms with Crippen LogP contribution in [0.2, 0.25) is 0 Å². The second-order valence-electron chi connectivity index (χ2n) is 8.07. The van der Waals surface area contributed by atoms with Crippen LogP contribution in [0.15, 0.2) is 0 Å². The molecule has 6 unspecified atom stereocenters. The maximum Gasteiger partial charge on any atom is 0.312 e. The monoisotopic (exact) mass is 282 g/mol. The Morgan fingerprint density at radius 2 is 1.85 bits per heavy atom. The fraction of sp³-hybridized carbons (Fsp3) is 0.933. The van der Waals surface area contributed by atoms with E-state index in [0.717, 1.165) is 0 Å². The van der Waals surface area contributed by atoms with Gasteiger partial charge in [0.25, 0.3) is 0 Å². The van der Waals surface area contributed by atoms with E-state index in [2.05, 4.69) is 0 Å². The first-order valence-electron chi connectivity index (χ1n) is 7.40. The van der Waals surface area contributed by atoms with Crippen LogP contribution < -0.4 is 0 Å². The third-order valence-corrected chi connectivity index (χ3v) is 6.47. The maximum absolute atomic E-state index is 12.1. The Balaban J connectivity index is 1.97. The van der Waals surface area contributed by atoms with Crippen LogP contribution in [0.5, 0.6) is 0 Å². The summed E-state index contributed by atoms with van der Waals surface area (Å²) in [5.41, 5.74) is -4.60. The van der Waals surface area contributed by atoms with Gasteiger partial charge in [0.2, 0.25) is 0 Å². The number of aliphatic hydroxyl groups is 2. The van der Waals surface area contributed by atoms with Crippen LogP contribution >= 0.6 is 0 Å². The summed E-state index contributed by atoms with van der Waals surface area (Å²) in [7, 11) is 0. The smallest absolute Gasteiger partial charge is 0.312 e. The highest BCUT2D eigenvalue weighted by molar-refractivity contribution is 5.79. The van der Waals surface area contributed by atoms with E-state index in [1.54, 1.807) is 13.8 Å². The van der Waals surface area contributed by atoms with Crippen molar-refractivity contribution in [3.05, 3.63) is 0 Å². The lowest BCUT2D eigenvalue weighted by Gasteiger charge is -2.52. The lowest BCUT2D eigenvalue weighted by molar-refractivity contribution is -0.244. The molecule has 6 atom stereocenters. The third-order valence-electron chi connectivity index (χ3n) is 6.47. The van der Waals surface area contributed by atoms with Gasteiger partial charge in [-0.05, 0) is 32.1 Å². The van der Waals surface area contributed by atoms with Crippen LogP contribution in [-0.4, -0.2) is 44.7 Å². The summed E-state index contributed by atoms with van der Waals surface area (Å²) in [6.45, 7) is 7.56. The van der Waals surface area contributed by atoms with Crippen molar-refractivity contribution in [3.8, 4) is 0 Å². The Kier molecular flexibility index (Phi) is 1.92. The normalized spacial score (nSPS) is 62.4. The molecule has 4 rings (SSSR count). The van der Waals surface area contributed by atoms with Crippen LogP contribution in [0.4, 0.5) is 0 Å². The first-order chi connectivity index (χ1) is 9.04. The van der Waals surface area contributed by atoms with E-state index in [4.69, 9.17) is 9.47 Å². The Morgan fingerprint density at radius 3 is 2.45 bits per heavy atom. The van der Waals surface area contributed by atoms with Gasteiger partial charge in [-0.2, -0.15) is 0 Å². The third kappa shape index (κ3) is 0.964. The number of carbonyl (C=O) groups excluding carboxylic acids is 1. The second-order valence-corrected chi connectivity index (χ2v) is 8.07. The lowest BCUT2D eigenvalue weighted by atomic mass is 9.58. The molecule has 0 aromatic heterocycles. The maximum atomic E-state index is 12.1. The van der Waals surface area contributed by atoms with Crippen LogP contribution in [0.1, 0.15) is 47.0 Å². The predicted octanol–water partition coefficient (Wildman–Crippen LogP) is 0.761. The molecular weight excluding hydrogens is 260 g/mol. The zero-order valence-electron chi connectivity index (χ0n) is 12.4. The van der Waals surface area contributed by atoms with Crippen molar-refractivity contribution < 1.29 is 24.5 Å². The van der Waals surface area contributed by atoms with Crippen LogP contribution in [0, 0.1) is 11.3 Å². The summed E-state index contributed by atoms with van der Waals surface area (Å²) in [4.78, 5) is 12.1. The molecule has 0 aromatic carbocycles. The number of hydrogen-bond acceptors (Lipinski definition) is 5. The number of esters is 1. The average Bonchev–Trinajstić information content (AvgIpc) is 3.02. The molecule has 4 fully saturated rings. The Bertz CT molecular complexity index is 526. The minimum atomic E-state index is -1.24. The van der Waals surface area contributed by atoms with Crippen molar-refractivity contribution in [2.45, 2.75) is 75.5 Å². The van der Waals surface area contributed by atoms with Crippen molar-refractivity contribution >= 4 is 5.97 Å². The molecule has 5 heteroatoms. The van der Waals surface area contributed by atoms with E-state index >= 15 is 0 Å². The van der Waals surface area contributed by atoms with Crippen molar-refractivity contribution in [1.82, 2.24) is 0 Å². The van der Waals surface area contributed by atoms with Gasteiger partial charge in [-0.25, -0.2) is 0 Å². The Hall–Kier alpha value is -0.650. The van der Waals surface area contributed by atoms with E-state index < -0.39 is 28.3 Å². The quantitative estimate of drug-likeness (QED) is 0.506.